The van der Waals surface area contributed by atoms with Crippen LogP contribution in [0.5, 0.6) is 5.75 Å². The number of phenols is 1. The summed E-state index contributed by atoms with van der Waals surface area (Å²) in [6.45, 7) is 13.1. The number of aryl methyl sites for hydroxylation is 1. The number of para-hydroxylation sites is 1. The monoisotopic (exact) mass is 925 g/mol. The molecule has 0 spiro atoms. The summed E-state index contributed by atoms with van der Waals surface area (Å²) in [5, 5.41) is 11.9. The summed E-state index contributed by atoms with van der Waals surface area (Å²) in [5.41, 5.74) is 14.9. The fourth-order valence-electron chi connectivity index (χ4n) is 7.54. The molecule has 8 aromatic rings. The number of benzene rings is 6. The fraction of sp³-hybridized carbons (Fsp3) is 0.192. The normalized spacial score (nSPS) is 11.8. The predicted molar refractivity (Wildman–Crippen MR) is 233 cm³/mol. The van der Waals surface area contributed by atoms with E-state index in [1.165, 1.54) is 11.1 Å². The van der Waals surface area contributed by atoms with E-state index in [1.54, 1.807) is 0 Å². The van der Waals surface area contributed by atoms with Gasteiger partial charge in [-0.25, -0.2) is 4.98 Å². The molecule has 0 aliphatic carbocycles. The van der Waals surface area contributed by atoms with Crippen LogP contribution in [0.15, 0.2) is 146 Å². The molecule has 0 fully saturated rings. The fourth-order valence-corrected chi connectivity index (χ4v) is 7.54. The molecule has 5 heteroatoms. The second kappa shape index (κ2) is 15.8. The van der Waals surface area contributed by atoms with Crippen molar-refractivity contribution in [2.75, 3.05) is 0 Å². The molecule has 0 aliphatic heterocycles. The first-order valence-corrected chi connectivity index (χ1v) is 19.4. The molecule has 8 rings (SSSR count). The van der Waals surface area contributed by atoms with E-state index < -0.39 is 0 Å². The van der Waals surface area contributed by atoms with Gasteiger partial charge in [0.1, 0.15) is 11.6 Å². The number of aromatic hydroxyl groups is 1. The third-order valence-corrected chi connectivity index (χ3v) is 10.8. The van der Waals surface area contributed by atoms with Crippen LogP contribution in [0.3, 0.4) is 0 Å². The van der Waals surface area contributed by atoms with E-state index in [9.17, 15) is 5.11 Å². The molecule has 0 unspecified atom stereocenters. The minimum Gasteiger partial charge on any atom is -0.507 e. The largest absolute Gasteiger partial charge is 0.507 e. The van der Waals surface area contributed by atoms with Crippen LogP contribution in [0.25, 0.3) is 67.1 Å². The first-order valence-electron chi connectivity index (χ1n) is 19.4. The molecule has 0 aliphatic rings. The Hall–Kier alpha value is -5.57. The number of phenolic OH excluding ortho intramolecular Hbond substituents is 1. The summed E-state index contributed by atoms with van der Waals surface area (Å²) in [6.07, 6.45) is 2.76. The summed E-state index contributed by atoms with van der Waals surface area (Å²) in [5.74, 6) is 1.01. The maximum atomic E-state index is 11.9. The van der Waals surface area contributed by atoms with E-state index in [2.05, 4.69) is 186 Å². The Labute approximate surface area is 351 Å². The maximum absolute atomic E-state index is 11.9. The number of aromatic nitrogens is 3. The molecule has 1 N–H and O–H groups in total. The molecule has 0 saturated carbocycles. The summed E-state index contributed by atoms with van der Waals surface area (Å²) in [4.78, 5) is 10.2. The molecule has 0 radical (unpaired) electrons. The zero-order valence-corrected chi connectivity index (χ0v) is 35.9. The topological polar surface area (TPSA) is 50.9 Å². The van der Waals surface area contributed by atoms with E-state index in [-0.39, 0.29) is 37.6 Å². The minimum atomic E-state index is -0.257. The molecule has 0 bridgehead atoms. The van der Waals surface area contributed by atoms with E-state index >= 15 is 0 Å². The third-order valence-electron chi connectivity index (χ3n) is 10.8. The first-order chi connectivity index (χ1) is 26.8. The SMILES string of the molecule is Cn1c(-c2cc(C(C)(C)C)cc(C(C)(C)C)c2O)nc2c(-c3[c-]c(-c4cc(-c5ccccc5)ccn4)cc(-c4ccc(Cc5ccccc5)cc4)c3)cccc21.[Pt]. The van der Waals surface area contributed by atoms with Gasteiger partial charge in [0.25, 0.3) is 0 Å². The molecule has 0 atom stereocenters. The van der Waals surface area contributed by atoms with Crippen molar-refractivity contribution in [2.45, 2.75) is 58.8 Å². The van der Waals surface area contributed by atoms with Crippen molar-refractivity contribution >= 4 is 11.0 Å². The van der Waals surface area contributed by atoms with E-state index in [0.717, 1.165) is 84.6 Å². The number of hydrogen-bond donors (Lipinski definition) is 1. The second-order valence-corrected chi connectivity index (χ2v) is 16.9. The van der Waals surface area contributed by atoms with Gasteiger partial charge in [0.2, 0.25) is 0 Å². The van der Waals surface area contributed by atoms with Crippen molar-refractivity contribution in [2.24, 2.45) is 7.05 Å². The quantitative estimate of drug-likeness (QED) is 0.162. The van der Waals surface area contributed by atoms with Gasteiger partial charge in [0.15, 0.2) is 0 Å². The number of hydrogen-bond acceptors (Lipinski definition) is 3. The van der Waals surface area contributed by atoms with Gasteiger partial charge >= 0.3 is 0 Å². The van der Waals surface area contributed by atoms with Crippen LogP contribution < -0.4 is 0 Å². The van der Waals surface area contributed by atoms with Crippen LogP contribution >= 0.6 is 0 Å². The van der Waals surface area contributed by atoms with Crippen LogP contribution in [0, 0.1) is 6.07 Å². The summed E-state index contributed by atoms with van der Waals surface area (Å²) < 4.78 is 2.11. The van der Waals surface area contributed by atoms with E-state index in [1.807, 2.05) is 19.3 Å². The summed E-state index contributed by atoms with van der Waals surface area (Å²) in [6, 6.07) is 52.9. The Balaban J connectivity index is 0.00000496. The van der Waals surface area contributed by atoms with Crippen molar-refractivity contribution in [1.82, 2.24) is 14.5 Å². The number of pyridine rings is 1. The zero-order chi connectivity index (χ0) is 39.2. The van der Waals surface area contributed by atoms with Gasteiger partial charge in [-0.2, -0.15) is 0 Å². The molecule has 6 aromatic carbocycles. The summed E-state index contributed by atoms with van der Waals surface area (Å²) in [7, 11) is 2.04. The number of fused-ring (bicyclic) bond motifs is 1. The Bertz CT molecular complexity index is 2680. The standard InChI is InChI=1S/C52H48N3O.Pt/c1-51(2,3)42-32-44(49(56)45(33-42)52(4,5)6)50-54-48-43(19-14-20-47(48)55(50)7)40-28-39(37-23-21-35(22-24-37)27-34-15-10-8-11-16-34)29-41(30-40)46-31-38(25-26-53-46)36-17-12-9-13-18-36;/h8-26,28-29,31-33,56H,27H2,1-7H3;/q-1;. The Morgan fingerprint density at radius 1 is 0.596 bits per heavy atom. The van der Waals surface area contributed by atoms with Gasteiger partial charge in [-0.05, 0) is 68.8 Å². The molecule has 57 heavy (non-hydrogen) atoms. The molecular formula is C52H48N3OPt-. The van der Waals surface area contributed by atoms with E-state index in [4.69, 9.17) is 9.97 Å². The maximum Gasteiger partial charge on any atom is 0.143 e. The summed E-state index contributed by atoms with van der Waals surface area (Å²) >= 11 is 0. The smallest absolute Gasteiger partial charge is 0.143 e. The van der Waals surface area contributed by atoms with Gasteiger partial charge in [-0.15, -0.1) is 23.8 Å². The van der Waals surface area contributed by atoms with Crippen molar-refractivity contribution in [3.05, 3.63) is 174 Å². The second-order valence-electron chi connectivity index (χ2n) is 16.9. The number of rotatable bonds is 7. The van der Waals surface area contributed by atoms with Gasteiger partial charge < -0.3 is 9.67 Å². The Kier molecular flexibility index (Phi) is 11.0. The van der Waals surface area contributed by atoms with Crippen LogP contribution in [0.4, 0.5) is 0 Å². The van der Waals surface area contributed by atoms with Crippen LogP contribution in [0.1, 0.15) is 63.8 Å². The van der Waals surface area contributed by atoms with Crippen molar-refractivity contribution in [3.63, 3.8) is 0 Å². The molecule has 2 heterocycles. The molecule has 0 amide bonds. The number of imidazole rings is 1. The Morgan fingerprint density at radius 3 is 1.93 bits per heavy atom. The van der Waals surface area contributed by atoms with Crippen LogP contribution in [-0.2, 0) is 45.4 Å². The minimum absolute atomic E-state index is 0. The van der Waals surface area contributed by atoms with Gasteiger partial charge in [-0.3, -0.25) is 4.98 Å². The predicted octanol–water partition coefficient (Wildman–Crippen LogP) is 13.0. The van der Waals surface area contributed by atoms with Gasteiger partial charge in [0.05, 0.1) is 16.6 Å². The molecule has 288 valence electrons. The molecule has 4 nitrogen and oxygen atoms in total. The van der Waals surface area contributed by atoms with Crippen LogP contribution in [0.2, 0.25) is 0 Å². The third kappa shape index (κ3) is 8.15. The van der Waals surface area contributed by atoms with Crippen molar-refractivity contribution in [3.8, 4) is 61.8 Å². The van der Waals surface area contributed by atoms with E-state index in [0.29, 0.717) is 0 Å². The number of nitrogens with zero attached hydrogens (tertiary/aromatic N) is 3. The first kappa shape index (κ1) is 39.7. The molecule has 2 aromatic heterocycles. The molecule has 0 saturated heterocycles. The van der Waals surface area contributed by atoms with Crippen molar-refractivity contribution in [1.29, 1.82) is 0 Å². The Morgan fingerprint density at radius 2 is 1.25 bits per heavy atom. The van der Waals surface area contributed by atoms with Gasteiger partial charge in [0, 0.05) is 45.6 Å². The van der Waals surface area contributed by atoms with Gasteiger partial charge in [-0.1, -0.05) is 167 Å². The molecular weight excluding hydrogens is 878 g/mol. The average Bonchev–Trinajstić information content (AvgIpc) is 3.53. The van der Waals surface area contributed by atoms with Crippen LogP contribution in [-0.4, -0.2) is 19.6 Å². The zero-order valence-electron chi connectivity index (χ0n) is 33.7. The van der Waals surface area contributed by atoms with Crippen molar-refractivity contribution < 1.29 is 26.2 Å². The average molecular weight is 926 g/mol.